The summed E-state index contributed by atoms with van der Waals surface area (Å²) in [6.45, 7) is 6.18. The number of morpholine rings is 1. The van der Waals surface area contributed by atoms with Crippen molar-refractivity contribution in [1.82, 2.24) is 14.5 Å². The monoisotopic (exact) mass is 500 g/mol. The van der Waals surface area contributed by atoms with Crippen molar-refractivity contribution in [3.63, 3.8) is 0 Å². The topological polar surface area (TPSA) is 89.6 Å². The van der Waals surface area contributed by atoms with Crippen LogP contribution in [0.2, 0.25) is 0 Å². The number of hydrogen-bond donors (Lipinski definition) is 0. The van der Waals surface area contributed by atoms with Gasteiger partial charge in [0.2, 0.25) is 5.91 Å². The van der Waals surface area contributed by atoms with Crippen LogP contribution in [0.5, 0.6) is 11.5 Å². The minimum Gasteiger partial charge on any atom is -0.493 e. The minimum atomic E-state index is -0.0830. The largest absolute Gasteiger partial charge is 0.493 e. The molecule has 0 spiro atoms. The van der Waals surface area contributed by atoms with Crippen molar-refractivity contribution in [2.24, 2.45) is 0 Å². The SMILES string of the molecule is COc1ccc2c(c1OC)CCCC2n1c(/C=C/C(=O)N2CCOCC2)c(C#N)c2c(C)cc(C)nc21. The zero-order chi connectivity index (χ0) is 26.1. The number of methoxy groups -OCH3 is 2. The van der Waals surface area contributed by atoms with E-state index in [1.54, 1.807) is 31.3 Å². The maximum Gasteiger partial charge on any atom is 0.246 e. The Labute approximate surface area is 217 Å². The van der Waals surface area contributed by atoms with E-state index in [4.69, 9.17) is 19.2 Å². The summed E-state index contributed by atoms with van der Waals surface area (Å²) in [5.74, 6) is 1.37. The van der Waals surface area contributed by atoms with E-state index < -0.39 is 0 Å². The normalized spacial score (nSPS) is 17.6. The Kier molecular flexibility index (Phi) is 6.90. The molecule has 192 valence electrons. The van der Waals surface area contributed by atoms with Crippen LogP contribution < -0.4 is 9.47 Å². The molecule has 8 heteroatoms. The fourth-order valence-corrected chi connectivity index (χ4v) is 5.77. The summed E-state index contributed by atoms with van der Waals surface area (Å²) in [6, 6.07) is 8.39. The highest BCUT2D eigenvalue weighted by Crippen LogP contribution is 2.45. The van der Waals surface area contributed by atoms with Crippen LogP contribution in [0.1, 0.15) is 52.5 Å². The van der Waals surface area contributed by atoms with E-state index >= 15 is 0 Å². The molecule has 5 rings (SSSR count). The van der Waals surface area contributed by atoms with Crippen molar-refractivity contribution >= 4 is 23.0 Å². The first kappa shape index (κ1) is 24.8. The van der Waals surface area contributed by atoms with E-state index in [1.807, 2.05) is 26.0 Å². The van der Waals surface area contributed by atoms with Gasteiger partial charge in [0.1, 0.15) is 11.7 Å². The smallest absolute Gasteiger partial charge is 0.246 e. The Bertz CT molecular complexity index is 1430. The number of rotatable bonds is 5. The Balaban J connectivity index is 1.72. The molecule has 1 aromatic carbocycles. The number of fused-ring (bicyclic) bond motifs is 2. The van der Waals surface area contributed by atoms with Crippen LogP contribution in [0.15, 0.2) is 24.3 Å². The van der Waals surface area contributed by atoms with Crippen LogP contribution in [0, 0.1) is 25.2 Å². The van der Waals surface area contributed by atoms with E-state index in [0.717, 1.165) is 58.4 Å². The second-order valence-electron chi connectivity index (χ2n) is 9.57. The maximum atomic E-state index is 13.0. The molecule has 1 unspecified atom stereocenters. The molecule has 1 amide bonds. The van der Waals surface area contributed by atoms with Crippen LogP contribution >= 0.6 is 0 Å². The molecule has 3 heterocycles. The third-order valence-electron chi connectivity index (χ3n) is 7.40. The molecule has 1 atom stereocenters. The zero-order valence-electron chi connectivity index (χ0n) is 21.8. The molecule has 2 aliphatic rings. The summed E-state index contributed by atoms with van der Waals surface area (Å²) >= 11 is 0. The van der Waals surface area contributed by atoms with Crippen molar-refractivity contribution in [3.05, 3.63) is 57.9 Å². The molecule has 0 saturated carbocycles. The van der Waals surface area contributed by atoms with Crippen LogP contribution in [-0.2, 0) is 16.0 Å². The Morgan fingerprint density at radius 2 is 2.00 bits per heavy atom. The number of nitriles is 1. The molecule has 1 saturated heterocycles. The predicted octanol–water partition coefficient (Wildman–Crippen LogP) is 4.34. The number of carbonyl (C=O) groups is 1. The van der Waals surface area contributed by atoms with Gasteiger partial charge in [0.15, 0.2) is 11.5 Å². The lowest BCUT2D eigenvalue weighted by molar-refractivity contribution is -0.129. The summed E-state index contributed by atoms with van der Waals surface area (Å²) in [5.41, 5.74) is 6.13. The number of pyridine rings is 1. The number of nitrogens with zero attached hydrogens (tertiary/aromatic N) is 4. The number of carbonyl (C=O) groups excluding carboxylic acids is 1. The van der Waals surface area contributed by atoms with Crippen LogP contribution in [0.25, 0.3) is 17.1 Å². The second kappa shape index (κ2) is 10.3. The molecule has 0 bridgehead atoms. The van der Waals surface area contributed by atoms with Gasteiger partial charge in [-0.1, -0.05) is 6.07 Å². The summed E-state index contributed by atoms with van der Waals surface area (Å²) in [4.78, 5) is 19.7. The highest BCUT2D eigenvalue weighted by Gasteiger charge is 2.31. The molecule has 2 aromatic heterocycles. The van der Waals surface area contributed by atoms with Gasteiger partial charge in [-0.25, -0.2) is 4.98 Å². The lowest BCUT2D eigenvalue weighted by atomic mass is 9.86. The number of amides is 1. The van der Waals surface area contributed by atoms with Gasteiger partial charge in [-0.05, 0) is 62.4 Å². The minimum absolute atomic E-state index is 0.0694. The van der Waals surface area contributed by atoms with E-state index in [-0.39, 0.29) is 11.9 Å². The number of aromatic nitrogens is 2. The third-order valence-corrected chi connectivity index (χ3v) is 7.40. The number of benzene rings is 1. The van der Waals surface area contributed by atoms with Gasteiger partial charge in [-0.15, -0.1) is 0 Å². The summed E-state index contributed by atoms with van der Waals surface area (Å²) in [6.07, 6.45) is 6.08. The predicted molar refractivity (Wildman–Crippen MR) is 141 cm³/mol. The Hall–Kier alpha value is -3.83. The first-order chi connectivity index (χ1) is 18.0. The van der Waals surface area contributed by atoms with Gasteiger partial charge in [0.25, 0.3) is 0 Å². The lowest BCUT2D eigenvalue weighted by Gasteiger charge is -2.30. The van der Waals surface area contributed by atoms with Crippen LogP contribution in [0.3, 0.4) is 0 Å². The molecule has 37 heavy (non-hydrogen) atoms. The number of aryl methyl sites for hydroxylation is 2. The molecule has 1 aliphatic heterocycles. The second-order valence-corrected chi connectivity index (χ2v) is 9.57. The average Bonchev–Trinajstić information content (AvgIpc) is 3.24. The van der Waals surface area contributed by atoms with E-state index in [0.29, 0.717) is 43.3 Å². The number of ether oxygens (including phenoxy) is 3. The highest BCUT2D eigenvalue weighted by molar-refractivity contribution is 5.96. The van der Waals surface area contributed by atoms with Gasteiger partial charge in [0.05, 0.1) is 44.7 Å². The zero-order valence-corrected chi connectivity index (χ0v) is 21.8. The van der Waals surface area contributed by atoms with Crippen LogP contribution in [-0.4, -0.2) is 60.9 Å². The first-order valence-electron chi connectivity index (χ1n) is 12.7. The molecule has 0 radical (unpaired) electrons. The van der Waals surface area contributed by atoms with E-state index in [1.165, 1.54) is 0 Å². The van der Waals surface area contributed by atoms with Crippen molar-refractivity contribution in [2.45, 2.75) is 39.2 Å². The van der Waals surface area contributed by atoms with Gasteiger partial charge in [0, 0.05) is 35.8 Å². The molecule has 1 aliphatic carbocycles. The van der Waals surface area contributed by atoms with Gasteiger partial charge < -0.3 is 23.7 Å². The quantitative estimate of drug-likeness (QED) is 0.484. The average molecular weight is 501 g/mol. The molecule has 0 N–H and O–H groups in total. The summed E-state index contributed by atoms with van der Waals surface area (Å²) in [5, 5.41) is 11.1. The van der Waals surface area contributed by atoms with E-state index in [9.17, 15) is 10.1 Å². The van der Waals surface area contributed by atoms with Gasteiger partial charge in [-0.3, -0.25) is 4.79 Å². The standard InChI is InChI=1S/C29H32N4O4/c1-18-16-19(2)31-29-27(18)22(17-30)24(9-11-26(34)32-12-14-37-15-13-32)33(29)23-7-5-6-21-20(23)8-10-25(35-3)28(21)36-4/h8-11,16,23H,5-7,12-15H2,1-4H3/b11-9+. The van der Waals surface area contributed by atoms with Gasteiger partial charge in [-0.2, -0.15) is 5.26 Å². The fraction of sp³-hybridized carbons (Fsp3) is 0.414. The molecule has 3 aromatic rings. The molecular formula is C29H32N4O4. The number of hydrogen-bond acceptors (Lipinski definition) is 6. The Morgan fingerprint density at radius 3 is 2.70 bits per heavy atom. The maximum absolute atomic E-state index is 13.0. The highest BCUT2D eigenvalue weighted by atomic mass is 16.5. The fourth-order valence-electron chi connectivity index (χ4n) is 5.77. The van der Waals surface area contributed by atoms with Crippen molar-refractivity contribution in [2.75, 3.05) is 40.5 Å². The first-order valence-corrected chi connectivity index (χ1v) is 12.7. The van der Waals surface area contributed by atoms with E-state index in [2.05, 4.69) is 16.7 Å². The Morgan fingerprint density at radius 1 is 1.22 bits per heavy atom. The van der Waals surface area contributed by atoms with Crippen LogP contribution in [0.4, 0.5) is 0 Å². The lowest BCUT2D eigenvalue weighted by Crippen LogP contribution is -2.39. The van der Waals surface area contributed by atoms with Crippen molar-refractivity contribution < 1.29 is 19.0 Å². The summed E-state index contributed by atoms with van der Waals surface area (Å²) < 4.78 is 18.9. The summed E-state index contributed by atoms with van der Waals surface area (Å²) in [7, 11) is 3.31. The van der Waals surface area contributed by atoms with Crippen molar-refractivity contribution in [3.8, 4) is 17.6 Å². The molecular weight excluding hydrogens is 468 g/mol. The van der Waals surface area contributed by atoms with Crippen molar-refractivity contribution in [1.29, 1.82) is 5.26 Å². The third kappa shape index (κ3) is 4.34. The molecule has 1 fully saturated rings. The molecule has 8 nitrogen and oxygen atoms in total. The van der Waals surface area contributed by atoms with Gasteiger partial charge >= 0.3 is 0 Å².